The maximum Gasteiger partial charge on any atom is 0.305 e. The summed E-state index contributed by atoms with van der Waals surface area (Å²) >= 11 is 0. The number of rotatable bonds is 5. The van der Waals surface area contributed by atoms with Gasteiger partial charge in [-0.25, -0.2) is 0 Å². The van der Waals surface area contributed by atoms with E-state index in [1.54, 1.807) is 19.2 Å². The van der Waals surface area contributed by atoms with Crippen molar-refractivity contribution in [3.05, 3.63) is 41.7 Å². The van der Waals surface area contributed by atoms with E-state index < -0.39 is 0 Å². The van der Waals surface area contributed by atoms with E-state index in [1.165, 1.54) is 0 Å². The van der Waals surface area contributed by atoms with Gasteiger partial charge in [-0.3, -0.25) is 9.78 Å². The molecule has 4 heteroatoms. The van der Waals surface area contributed by atoms with E-state index in [9.17, 15) is 4.79 Å². The lowest BCUT2D eigenvalue weighted by atomic mass is 10.0. The van der Waals surface area contributed by atoms with Crippen molar-refractivity contribution in [1.82, 2.24) is 4.98 Å². The molecule has 20 heavy (non-hydrogen) atoms. The largest absolute Gasteiger partial charge is 0.466 e. The fraction of sp³-hybridized carbons (Fsp3) is 0.312. The van der Waals surface area contributed by atoms with Gasteiger partial charge in [0.25, 0.3) is 0 Å². The second kappa shape index (κ2) is 6.67. The lowest BCUT2D eigenvalue weighted by Crippen LogP contribution is -2.04. The lowest BCUT2D eigenvalue weighted by Gasteiger charge is -2.06. The molecule has 0 N–H and O–H groups in total. The maximum absolute atomic E-state index is 11.3. The first-order valence-electron chi connectivity index (χ1n) is 6.68. The molecule has 0 atom stereocenters. The number of esters is 1. The summed E-state index contributed by atoms with van der Waals surface area (Å²) in [6.45, 7) is 2.21. The Labute approximate surface area is 118 Å². The Bertz CT molecular complexity index is 659. The zero-order chi connectivity index (χ0) is 14.4. The number of ether oxygens (including phenoxy) is 1. The SMILES string of the molecule is CCOC(=O)CCCc1nccc2c(C#N)cccc12. The van der Waals surface area contributed by atoms with Crippen molar-refractivity contribution in [2.24, 2.45) is 0 Å². The van der Waals surface area contributed by atoms with Gasteiger partial charge < -0.3 is 4.74 Å². The van der Waals surface area contributed by atoms with Crippen molar-refractivity contribution < 1.29 is 9.53 Å². The zero-order valence-electron chi connectivity index (χ0n) is 11.4. The molecular weight excluding hydrogens is 252 g/mol. The number of benzene rings is 1. The van der Waals surface area contributed by atoms with Crippen LogP contribution in [0, 0.1) is 11.3 Å². The van der Waals surface area contributed by atoms with Gasteiger partial charge in [0.2, 0.25) is 0 Å². The third-order valence-electron chi connectivity index (χ3n) is 3.11. The summed E-state index contributed by atoms with van der Waals surface area (Å²) in [4.78, 5) is 15.7. The van der Waals surface area contributed by atoms with Gasteiger partial charge in [-0.05, 0) is 31.9 Å². The smallest absolute Gasteiger partial charge is 0.305 e. The summed E-state index contributed by atoms with van der Waals surface area (Å²) in [5, 5.41) is 11.0. The van der Waals surface area contributed by atoms with Gasteiger partial charge in [0.15, 0.2) is 0 Å². The van der Waals surface area contributed by atoms with E-state index in [0.29, 0.717) is 31.4 Å². The summed E-state index contributed by atoms with van der Waals surface area (Å²) in [5.74, 6) is -0.176. The van der Waals surface area contributed by atoms with E-state index in [0.717, 1.165) is 16.5 Å². The van der Waals surface area contributed by atoms with Crippen LogP contribution in [0.5, 0.6) is 0 Å². The minimum atomic E-state index is -0.176. The topological polar surface area (TPSA) is 63.0 Å². The quantitative estimate of drug-likeness (QED) is 0.782. The Kier molecular flexibility index (Phi) is 4.67. The molecule has 2 aromatic rings. The molecule has 2 rings (SSSR count). The normalized spacial score (nSPS) is 10.2. The molecule has 0 aliphatic carbocycles. The molecule has 1 heterocycles. The fourth-order valence-electron chi connectivity index (χ4n) is 2.20. The fourth-order valence-corrected chi connectivity index (χ4v) is 2.20. The second-order valence-corrected chi connectivity index (χ2v) is 4.43. The Morgan fingerprint density at radius 2 is 2.20 bits per heavy atom. The van der Waals surface area contributed by atoms with E-state index in [1.807, 2.05) is 18.2 Å². The van der Waals surface area contributed by atoms with Gasteiger partial charge in [0, 0.05) is 29.1 Å². The number of carbonyl (C=O) groups excluding carboxylic acids is 1. The van der Waals surface area contributed by atoms with Crippen LogP contribution in [0.25, 0.3) is 10.8 Å². The lowest BCUT2D eigenvalue weighted by molar-refractivity contribution is -0.143. The molecular formula is C16H16N2O2. The van der Waals surface area contributed by atoms with Crippen LogP contribution in [-0.4, -0.2) is 17.6 Å². The number of pyridine rings is 1. The van der Waals surface area contributed by atoms with Crippen molar-refractivity contribution in [1.29, 1.82) is 5.26 Å². The first-order chi connectivity index (χ1) is 9.76. The molecule has 1 aromatic heterocycles. The van der Waals surface area contributed by atoms with Crippen molar-refractivity contribution >= 4 is 16.7 Å². The molecule has 0 aliphatic heterocycles. The third-order valence-corrected chi connectivity index (χ3v) is 3.11. The Hall–Kier alpha value is -2.41. The van der Waals surface area contributed by atoms with Gasteiger partial charge in [-0.2, -0.15) is 5.26 Å². The summed E-state index contributed by atoms with van der Waals surface area (Å²) in [5.41, 5.74) is 1.57. The molecule has 0 unspecified atom stereocenters. The van der Waals surface area contributed by atoms with Crippen molar-refractivity contribution in [2.75, 3.05) is 6.61 Å². The van der Waals surface area contributed by atoms with E-state index in [-0.39, 0.29) is 5.97 Å². The number of hydrogen-bond donors (Lipinski definition) is 0. The molecule has 1 aromatic carbocycles. The first kappa shape index (κ1) is 14.0. The molecule has 0 saturated carbocycles. The standard InChI is InChI=1S/C16H16N2O2/c1-2-20-16(19)8-4-7-15-14-6-3-5-12(11-17)13(14)9-10-18-15/h3,5-6,9-10H,2,4,7-8H2,1H3. The van der Waals surface area contributed by atoms with Gasteiger partial charge in [-0.15, -0.1) is 0 Å². The number of nitriles is 1. The van der Waals surface area contributed by atoms with Crippen LogP contribution in [0.4, 0.5) is 0 Å². The second-order valence-electron chi connectivity index (χ2n) is 4.43. The zero-order valence-corrected chi connectivity index (χ0v) is 11.4. The van der Waals surface area contributed by atoms with E-state index >= 15 is 0 Å². The Morgan fingerprint density at radius 1 is 1.35 bits per heavy atom. The minimum Gasteiger partial charge on any atom is -0.466 e. The molecule has 0 radical (unpaired) electrons. The van der Waals surface area contributed by atoms with Crippen LogP contribution >= 0.6 is 0 Å². The Balaban J connectivity index is 2.15. The van der Waals surface area contributed by atoms with E-state index in [2.05, 4.69) is 11.1 Å². The highest BCUT2D eigenvalue weighted by atomic mass is 16.5. The Morgan fingerprint density at radius 3 is 2.95 bits per heavy atom. The van der Waals surface area contributed by atoms with Crippen molar-refractivity contribution in [3.8, 4) is 6.07 Å². The van der Waals surface area contributed by atoms with Crippen LogP contribution in [0.1, 0.15) is 31.0 Å². The van der Waals surface area contributed by atoms with E-state index in [4.69, 9.17) is 10.00 Å². The minimum absolute atomic E-state index is 0.176. The summed E-state index contributed by atoms with van der Waals surface area (Å²) in [7, 11) is 0. The van der Waals surface area contributed by atoms with Gasteiger partial charge in [-0.1, -0.05) is 12.1 Å². The highest BCUT2D eigenvalue weighted by molar-refractivity contribution is 5.89. The predicted octanol–water partition coefficient (Wildman–Crippen LogP) is 2.99. The number of aryl methyl sites for hydroxylation is 1. The molecule has 4 nitrogen and oxygen atoms in total. The van der Waals surface area contributed by atoms with Crippen LogP contribution in [0.15, 0.2) is 30.5 Å². The predicted molar refractivity (Wildman–Crippen MR) is 76.0 cm³/mol. The number of fused-ring (bicyclic) bond motifs is 1. The number of aromatic nitrogens is 1. The molecule has 102 valence electrons. The summed E-state index contributed by atoms with van der Waals surface area (Å²) in [6.07, 6.45) is 3.50. The van der Waals surface area contributed by atoms with Gasteiger partial charge in [0.05, 0.1) is 18.2 Å². The number of hydrogen-bond acceptors (Lipinski definition) is 4. The molecule has 0 bridgehead atoms. The highest BCUT2D eigenvalue weighted by Gasteiger charge is 2.07. The maximum atomic E-state index is 11.3. The van der Waals surface area contributed by atoms with Crippen LogP contribution in [0.3, 0.4) is 0 Å². The third kappa shape index (κ3) is 3.12. The molecule has 0 saturated heterocycles. The monoisotopic (exact) mass is 268 g/mol. The number of carbonyl (C=O) groups is 1. The average Bonchev–Trinajstić information content (AvgIpc) is 2.47. The highest BCUT2D eigenvalue weighted by Crippen LogP contribution is 2.21. The molecule has 0 amide bonds. The molecule has 0 aliphatic rings. The van der Waals surface area contributed by atoms with Gasteiger partial charge >= 0.3 is 5.97 Å². The summed E-state index contributed by atoms with van der Waals surface area (Å²) < 4.78 is 4.90. The average molecular weight is 268 g/mol. The van der Waals surface area contributed by atoms with Crippen LogP contribution < -0.4 is 0 Å². The van der Waals surface area contributed by atoms with Crippen molar-refractivity contribution in [3.63, 3.8) is 0 Å². The number of nitrogens with zero attached hydrogens (tertiary/aromatic N) is 2. The van der Waals surface area contributed by atoms with Crippen LogP contribution in [-0.2, 0) is 16.0 Å². The molecule has 0 spiro atoms. The van der Waals surface area contributed by atoms with Gasteiger partial charge in [0.1, 0.15) is 0 Å². The first-order valence-corrected chi connectivity index (χ1v) is 6.68. The van der Waals surface area contributed by atoms with Crippen molar-refractivity contribution in [2.45, 2.75) is 26.2 Å². The summed E-state index contributed by atoms with van der Waals surface area (Å²) in [6, 6.07) is 9.65. The van der Waals surface area contributed by atoms with Crippen LogP contribution in [0.2, 0.25) is 0 Å². The molecule has 0 fully saturated rings.